The van der Waals surface area contributed by atoms with E-state index in [0.717, 1.165) is 11.4 Å². The van der Waals surface area contributed by atoms with E-state index in [0.29, 0.717) is 16.7 Å². The summed E-state index contributed by atoms with van der Waals surface area (Å²) < 4.78 is 5.19. The number of fused-ring (bicyclic) bond motifs is 1. The number of pyridine rings is 1. The van der Waals surface area contributed by atoms with Gasteiger partial charge in [-0.05, 0) is 30.3 Å². The van der Waals surface area contributed by atoms with E-state index >= 15 is 0 Å². The topological polar surface area (TPSA) is 118 Å². The van der Waals surface area contributed by atoms with Gasteiger partial charge in [-0.1, -0.05) is 41.5 Å². The summed E-state index contributed by atoms with van der Waals surface area (Å²) in [6, 6.07) is 9.26. The lowest BCUT2D eigenvalue weighted by Gasteiger charge is -2.20. The van der Waals surface area contributed by atoms with E-state index in [1.807, 2.05) is 45.0 Å². The molecule has 3 rings (SSSR count). The smallest absolute Gasteiger partial charge is 0.233 e. The predicted octanol–water partition coefficient (Wildman–Crippen LogP) is 4.75. The van der Waals surface area contributed by atoms with E-state index < -0.39 is 10.8 Å². The van der Waals surface area contributed by atoms with Crippen molar-refractivity contribution in [1.82, 2.24) is 15.0 Å². The van der Waals surface area contributed by atoms with E-state index in [-0.39, 0.29) is 23.6 Å². The number of carbonyl (C=O) groups is 2. The summed E-state index contributed by atoms with van der Waals surface area (Å²) in [5, 5.41) is 9.38. The minimum atomic E-state index is -0.640. The fraction of sp³-hybridized carbons (Fsp3) is 0.375. The number of anilines is 4. The molecule has 1 aromatic carbocycles. The molecule has 0 aliphatic carbocycles. The highest BCUT2D eigenvalue weighted by Crippen LogP contribution is 2.28. The number of benzene rings is 1. The van der Waals surface area contributed by atoms with Crippen molar-refractivity contribution in [1.29, 1.82) is 0 Å². The minimum absolute atomic E-state index is 0.0787. The van der Waals surface area contributed by atoms with Crippen molar-refractivity contribution in [3.05, 3.63) is 36.5 Å². The number of rotatable bonds is 5. The molecule has 0 spiro atoms. The van der Waals surface area contributed by atoms with Gasteiger partial charge >= 0.3 is 0 Å². The first kappa shape index (κ1) is 23.9. The third kappa shape index (κ3) is 5.94. The van der Waals surface area contributed by atoms with E-state index in [2.05, 4.69) is 30.9 Å². The van der Waals surface area contributed by atoms with Gasteiger partial charge in [-0.3, -0.25) is 14.9 Å². The lowest BCUT2D eigenvalue weighted by molar-refractivity contribution is -0.123. The van der Waals surface area contributed by atoms with Gasteiger partial charge in [0.15, 0.2) is 5.65 Å². The monoisotopic (exact) mass is 450 g/mol. The maximum atomic E-state index is 12.7. The highest BCUT2D eigenvalue weighted by atomic mass is 16.5. The summed E-state index contributed by atoms with van der Waals surface area (Å²) in [5.74, 6) is 0.643. The zero-order valence-corrected chi connectivity index (χ0v) is 20.0. The molecule has 0 atom stereocenters. The Morgan fingerprint density at radius 3 is 2.03 bits per heavy atom. The molecule has 3 aromatic rings. The van der Waals surface area contributed by atoms with Crippen LogP contribution in [0.3, 0.4) is 0 Å². The van der Waals surface area contributed by atoms with Gasteiger partial charge in [0, 0.05) is 16.5 Å². The first-order valence-corrected chi connectivity index (χ1v) is 10.6. The Labute approximate surface area is 193 Å². The molecule has 0 saturated carbocycles. The molecule has 2 amide bonds. The van der Waals surface area contributed by atoms with Crippen molar-refractivity contribution in [3.8, 4) is 5.75 Å². The number of ether oxygens (including phenoxy) is 1. The molecule has 174 valence electrons. The largest absolute Gasteiger partial charge is 0.497 e. The van der Waals surface area contributed by atoms with Crippen LogP contribution in [0.5, 0.6) is 5.75 Å². The quantitative estimate of drug-likeness (QED) is 0.513. The molecule has 0 fully saturated rings. The van der Waals surface area contributed by atoms with Crippen molar-refractivity contribution < 1.29 is 14.3 Å². The second-order valence-electron chi connectivity index (χ2n) is 9.75. The molecule has 0 aliphatic rings. The van der Waals surface area contributed by atoms with Gasteiger partial charge in [0.2, 0.25) is 17.8 Å². The predicted molar refractivity (Wildman–Crippen MR) is 130 cm³/mol. The highest BCUT2D eigenvalue weighted by Gasteiger charge is 2.25. The fourth-order valence-corrected chi connectivity index (χ4v) is 2.66. The lowest BCUT2D eigenvalue weighted by Crippen LogP contribution is -2.30. The molecular weight excluding hydrogens is 420 g/mol. The molecule has 0 aliphatic heterocycles. The molecule has 9 heteroatoms. The Balaban J connectivity index is 2.01. The van der Waals surface area contributed by atoms with E-state index in [1.54, 1.807) is 40.1 Å². The second kappa shape index (κ2) is 9.01. The molecular formula is C24H30N6O3. The van der Waals surface area contributed by atoms with Crippen LogP contribution < -0.4 is 20.7 Å². The van der Waals surface area contributed by atoms with Crippen LogP contribution in [-0.4, -0.2) is 33.9 Å². The van der Waals surface area contributed by atoms with Crippen LogP contribution in [-0.2, 0) is 9.59 Å². The van der Waals surface area contributed by atoms with E-state index in [9.17, 15) is 9.59 Å². The number of carbonyl (C=O) groups excluding carboxylic acids is 2. The van der Waals surface area contributed by atoms with Crippen molar-refractivity contribution in [3.63, 3.8) is 0 Å². The summed E-state index contributed by atoms with van der Waals surface area (Å²) in [7, 11) is 1.61. The normalized spacial score (nSPS) is 11.7. The average Bonchev–Trinajstić information content (AvgIpc) is 2.73. The zero-order valence-electron chi connectivity index (χ0n) is 20.0. The molecule has 33 heavy (non-hydrogen) atoms. The molecule has 2 aromatic heterocycles. The van der Waals surface area contributed by atoms with Crippen LogP contribution in [0.4, 0.5) is 23.1 Å². The van der Waals surface area contributed by atoms with Crippen LogP contribution in [0.25, 0.3) is 11.0 Å². The van der Waals surface area contributed by atoms with Crippen molar-refractivity contribution in [2.75, 3.05) is 23.1 Å². The third-order valence-corrected chi connectivity index (χ3v) is 4.75. The Kier molecular flexibility index (Phi) is 6.53. The van der Waals surface area contributed by atoms with Crippen LogP contribution in [0.1, 0.15) is 41.5 Å². The Morgan fingerprint density at radius 2 is 1.45 bits per heavy atom. The van der Waals surface area contributed by atoms with Crippen LogP contribution >= 0.6 is 0 Å². The maximum Gasteiger partial charge on any atom is 0.233 e. The van der Waals surface area contributed by atoms with Gasteiger partial charge in [-0.25, -0.2) is 4.98 Å². The van der Waals surface area contributed by atoms with Crippen LogP contribution in [0, 0.1) is 10.8 Å². The third-order valence-electron chi connectivity index (χ3n) is 4.75. The van der Waals surface area contributed by atoms with Crippen molar-refractivity contribution in [2.45, 2.75) is 41.5 Å². The number of hydrogen-bond donors (Lipinski definition) is 3. The van der Waals surface area contributed by atoms with Crippen LogP contribution in [0.2, 0.25) is 0 Å². The molecule has 0 unspecified atom stereocenters. The molecule has 0 saturated heterocycles. The van der Waals surface area contributed by atoms with Gasteiger partial charge in [0.1, 0.15) is 11.6 Å². The molecule has 9 nitrogen and oxygen atoms in total. The van der Waals surface area contributed by atoms with E-state index in [1.165, 1.54) is 0 Å². The van der Waals surface area contributed by atoms with Gasteiger partial charge < -0.3 is 15.4 Å². The van der Waals surface area contributed by atoms with E-state index in [4.69, 9.17) is 4.74 Å². The Hall–Kier alpha value is -3.75. The SMILES string of the molecule is COc1ccc(Nc2cnc3nc(NC(=O)C(C)(C)C)nc(NC(=O)C(C)(C)C)c3c2)cc1. The van der Waals surface area contributed by atoms with Crippen LogP contribution in [0.15, 0.2) is 36.5 Å². The number of amides is 2. The number of hydrogen-bond acceptors (Lipinski definition) is 7. The summed E-state index contributed by atoms with van der Waals surface area (Å²) in [4.78, 5) is 38.4. The van der Waals surface area contributed by atoms with Crippen molar-refractivity contribution in [2.24, 2.45) is 10.8 Å². The van der Waals surface area contributed by atoms with Gasteiger partial charge in [-0.2, -0.15) is 9.97 Å². The van der Waals surface area contributed by atoms with Crippen molar-refractivity contribution >= 4 is 46.0 Å². The molecule has 3 N–H and O–H groups in total. The highest BCUT2D eigenvalue weighted by molar-refractivity contribution is 6.02. The van der Waals surface area contributed by atoms with Gasteiger partial charge in [0.05, 0.1) is 24.4 Å². The van der Waals surface area contributed by atoms with Gasteiger partial charge in [-0.15, -0.1) is 0 Å². The number of nitrogens with zero attached hydrogens (tertiary/aromatic N) is 3. The summed E-state index contributed by atoms with van der Waals surface area (Å²) in [6.45, 7) is 10.8. The Morgan fingerprint density at radius 1 is 0.848 bits per heavy atom. The zero-order chi connectivity index (χ0) is 24.4. The van der Waals surface area contributed by atoms with Gasteiger partial charge in [0.25, 0.3) is 0 Å². The number of methoxy groups -OCH3 is 1. The fourth-order valence-electron chi connectivity index (χ4n) is 2.66. The molecule has 0 bridgehead atoms. The average molecular weight is 451 g/mol. The lowest BCUT2D eigenvalue weighted by atomic mass is 9.96. The summed E-state index contributed by atoms with van der Waals surface area (Å²) in [6.07, 6.45) is 1.63. The first-order chi connectivity index (χ1) is 15.4. The minimum Gasteiger partial charge on any atom is -0.497 e. The summed E-state index contributed by atoms with van der Waals surface area (Å²) in [5.41, 5.74) is 0.602. The number of aromatic nitrogens is 3. The standard InChI is InChI=1S/C24H30N6O3/c1-23(2,3)20(31)27-19-17-12-15(26-14-8-10-16(33-7)11-9-14)13-25-18(17)28-22(29-19)30-21(32)24(4,5)6/h8-13,26H,1-7H3,(H2,25,27,28,29,30,31,32). The summed E-state index contributed by atoms with van der Waals surface area (Å²) >= 11 is 0. The molecule has 0 radical (unpaired) electrons. The maximum absolute atomic E-state index is 12.7. The first-order valence-electron chi connectivity index (χ1n) is 10.6. The molecule has 2 heterocycles. The Bertz CT molecular complexity index is 1180. The number of nitrogens with one attached hydrogen (secondary N) is 3. The second-order valence-corrected chi connectivity index (χ2v) is 9.75.